The Morgan fingerprint density at radius 2 is 1.88 bits per heavy atom. The van der Waals surface area contributed by atoms with Crippen LogP contribution in [-0.2, 0) is 4.79 Å². The standard InChI is InChI=1S/C13H27N3O/c1-3-16(4-2)11-7-10-15-12(17)13(14)8-5-6-9-13/h3-11,14H2,1-2H3,(H,15,17). The minimum Gasteiger partial charge on any atom is -0.354 e. The highest BCUT2D eigenvalue weighted by molar-refractivity contribution is 5.86. The van der Waals surface area contributed by atoms with Crippen molar-refractivity contribution in [2.24, 2.45) is 5.73 Å². The molecule has 4 heteroatoms. The summed E-state index contributed by atoms with van der Waals surface area (Å²) in [5.41, 5.74) is 5.50. The Bertz CT molecular complexity index is 233. The Labute approximate surface area is 105 Å². The fourth-order valence-electron chi connectivity index (χ4n) is 2.45. The molecule has 0 unspecified atom stereocenters. The van der Waals surface area contributed by atoms with E-state index in [1.807, 2.05) is 0 Å². The minimum absolute atomic E-state index is 0.0505. The second-order valence-electron chi connectivity index (χ2n) is 5.00. The number of nitrogens with zero attached hydrogens (tertiary/aromatic N) is 1. The van der Waals surface area contributed by atoms with Gasteiger partial charge in [0.15, 0.2) is 0 Å². The number of nitrogens with two attached hydrogens (primary N) is 1. The highest BCUT2D eigenvalue weighted by atomic mass is 16.2. The molecule has 0 bridgehead atoms. The molecule has 0 aromatic rings. The van der Waals surface area contributed by atoms with Crippen LogP contribution >= 0.6 is 0 Å². The molecule has 0 atom stereocenters. The summed E-state index contributed by atoms with van der Waals surface area (Å²) in [6, 6.07) is 0. The average molecular weight is 241 g/mol. The van der Waals surface area contributed by atoms with E-state index >= 15 is 0 Å². The molecule has 1 saturated carbocycles. The predicted octanol–water partition coefficient (Wildman–Crippen LogP) is 1.11. The Hall–Kier alpha value is -0.610. The maximum Gasteiger partial charge on any atom is 0.240 e. The lowest BCUT2D eigenvalue weighted by molar-refractivity contribution is -0.126. The van der Waals surface area contributed by atoms with E-state index in [1.54, 1.807) is 0 Å². The summed E-state index contributed by atoms with van der Waals surface area (Å²) in [7, 11) is 0. The molecule has 0 heterocycles. The van der Waals surface area contributed by atoms with Crippen LogP contribution in [0.1, 0.15) is 46.0 Å². The van der Waals surface area contributed by atoms with Gasteiger partial charge in [0, 0.05) is 6.54 Å². The van der Waals surface area contributed by atoms with E-state index < -0.39 is 5.54 Å². The van der Waals surface area contributed by atoms with Gasteiger partial charge in [0.1, 0.15) is 0 Å². The molecule has 3 N–H and O–H groups in total. The van der Waals surface area contributed by atoms with Crippen LogP contribution in [0.2, 0.25) is 0 Å². The number of hydrogen-bond donors (Lipinski definition) is 2. The van der Waals surface area contributed by atoms with Crippen molar-refractivity contribution in [3.63, 3.8) is 0 Å². The van der Waals surface area contributed by atoms with E-state index in [1.165, 1.54) is 0 Å². The second kappa shape index (κ2) is 6.97. The smallest absolute Gasteiger partial charge is 0.240 e. The number of amides is 1. The van der Waals surface area contributed by atoms with E-state index in [9.17, 15) is 4.79 Å². The maximum atomic E-state index is 11.9. The van der Waals surface area contributed by atoms with Crippen molar-refractivity contribution in [1.82, 2.24) is 10.2 Å². The molecule has 100 valence electrons. The third-order valence-electron chi connectivity index (χ3n) is 3.78. The lowest BCUT2D eigenvalue weighted by Gasteiger charge is -2.23. The number of rotatable bonds is 7. The topological polar surface area (TPSA) is 58.4 Å². The normalized spacial score (nSPS) is 18.6. The Balaban J connectivity index is 2.16. The van der Waals surface area contributed by atoms with Gasteiger partial charge < -0.3 is 16.0 Å². The van der Waals surface area contributed by atoms with Crippen molar-refractivity contribution in [3.8, 4) is 0 Å². The lowest BCUT2D eigenvalue weighted by atomic mass is 9.98. The van der Waals surface area contributed by atoms with Crippen molar-refractivity contribution in [3.05, 3.63) is 0 Å². The summed E-state index contributed by atoms with van der Waals surface area (Å²) in [4.78, 5) is 14.3. The van der Waals surface area contributed by atoms with Gasteiger partial charge in [-0.1, -0.05) is 26.7 Å². The van der Waals surface area contributed by atoms with Gasteiger partial charge in [-0.3, -0.25) is 4.79 Å². The van der Waals surface area contributed by atoms with E-state index in [-0.39, 0.29) is 5.91 Å². The minimum atomic E-state index is -0.574. The van der Waals surface area contributed by atoms with E-state index in [0.29, 0.717) is 0 Å². The van der Waals surface area contributed by atoms with Gasteiger partial charge >= 0.3 is 0 Å². The zero-order valence-corrected chi connectivity index (χ0v) is 11.3. The molecule has 1 aliphatic rings. The third-order valence-corrected chi connectivity index (χ3v) is 3.78. The van der Waals surface area contributed by atoms with Crippen molar-refractivity contribution in [1.29, 1.82) is 0 Å². The molecule has 17 heavy (non-hydrogen) atoms. The molecule has 1 rings (SSSR count). The quantitative estimate of drug-likeness (QED) is 0.656. The summed E-state index contributed by atoms with van der Waals surface area (Å²) in [5, 5.41) is 2.98. The fourth-order valence-corrected chi connectivity index (χ4v) is 2.45. The van der Waals surface area contributed by atoms with Crippen LogP contribution in [0.5, 0.6) is 0 Å². The number of hydrogen-bond acceptors (Lipinski definition) is 3. The van der Waals surface area contributed by atoms with Gasteiger partial charge in [-0.05, 0) is 38.9 Å². The fraction of sp³-hybridized carbons (Fsp3) is 0.923. The summed E-state index contributed by atoms with van der Waals surface area (Å²) >= 11 is 0. The summed E-state index contributed by atoms with van der Waals surface area (Å²) in [5.74, 6) is 0.0505. The number of carbonyl (C=O) groups excluding carboxylic acids is 1. The largest absolute Gasteiger partial charge is 0.354 e. The monoisotopic (exact) mass is 241 g/mol. The molecule has 0 spiro atoms. The van der Waals surface area contributed by atoms with E-state index in [0.717, 1.165) is 58.3 Å². The van der Waals surface area contributed by atoms with Gasteiger partial charge in [-0.25, -0.2) is 0 Å². The highest BCUT2D eigenvalue weighted by Crippen LogP contribution is 2.27. The van der Waals surface area contributed by atoms with Crippen LogP contribution in [0.25, 0.3) is 0 Å². The van der Waals surface area contributed by atoms with Crippen LogP contribution in [-0.4, -0.2) is 42.5 Å². The molecule has 1 fully saturated rings. The average Bonchev–Trinajstić information content (AvgIpc) is 2.77. The number of carbonyl (C=O) groups is 1. The van der Waals surface area contributed by atoms with E-state index in [4.69, 9.17) is 5.73 Å². The van der Waals surface area contributed by atoms with Crippen molar-refractivity contribution < 1.29 is 4.79 Å². The third kappa shape index (κ3) is 4.28. The molecule has 0 radical (unpaired) electrons. The first kappa shape index (κ1) is 14.5. The maximum absolute atomic E-state index is 11.9. The molecular weight excluding hydrogens is 214 g/mol. The van der Waals surface area contributed by atoms with Crippen LogP contribution < -0.4 is 11.1 Å². The first-order valence-corrected chi connectivity index (χ1v) is 6.92. The van der Waals surface area contributed by atoms with Crippen LogP contribution in [0.4, 0.5) is 0 Å². The molecule has 0 saturated heterocycles. The first-order valence-electron chi connectivity index (χ1n) is 6.92. The van der Waals surface area contributed by atoms with Crippen molar-refractivity contribution in [2.75, 3.05) is 26.2 Å². The van der Waals surface area contributed by atoms with Gasteiger partial charge in [0.25, 0.3) is 0 Å². The summed E-state index contributed by atoms with van der Waals surface area (Å²) < 4.78 is 0. The SMILES string of the molecule is CCN(CC)CCCNC(=O)C1(N)CCCC1. The molecule has 0 aliphatic heterocycles. The zero-order chi connectivity index (χ0) is 12.7. The van der Waals surface area contributed by atoms with E-state index in [2.05, 4.69) is 24.1 Å². The lowest BCUT2D eigenvalue weighted by Crippen LogP contribution is -2.52. The second-order valence-corrected chi connectivity index (χ2v) is 5.00. The van der Waals surface area contributed by atoms with Crippen LogP contribution in [0.3, 0.4) is 0 Å². The molecular formula is C13H27N3O. The number of nitrogens with one attached hydrogen (secondary N) is 1. The zero-order valence-electron chi connectivity index (χ0n) is 11.3. The Morgan fingerprint density at radius 1 is 1.29 bits per heavy atom. The van der Waals surface area contributed by atoms with Crippen LogP contribution in [0, 0.1) is 0 Å². The molecule has 1 amide bonds. The Morgan fingerprint density at radius 3 is 2.41 bits per heavy atom. The first-order chi connectivity index (χ1) is 8.12. The van der Waals surface area contributed by atoms with Gasteiger partial charge in [0.2, 0.25) is 5.91 Å². The molecule has 1 aliphatic carbocycles. The molecule has 0 aromatic heterocycles. The molecule has 0 aromatic carbocycles. The predicted molar refractivity (Wildman–Crippen MR) is 70.8 cm³/mol. The van der Waals surface area contributed by atoms with Crippen molar-refractivity contribution >= 4 is 5.91 Å². The summed E-state index contributed by atoms with van der Waals surface area (Å²) in [6.45, 7) is 8.26. The van der Waals surface area contributed by atoms with Crippen molar-refractivity contribution in [2.45, 2.75) is 51.5 Å². The van der Waals surface area contributed by atoms with Gasteiger partial charge in [-0.2, -0.15) is 0 Å². The molecule has 4 nitrogen and oxygen atoms in total. The van der Waals surface area contributed by atoms with Gasteiger partial charge in [-0.15, -0.1) is 0 Å². The summed E-state index contributed by atoms with van der Waals surface area (Å²) in [6.07, 6.45) is 4.86. The van der Waals surface area contributed by atoms with Crippen LogP contribution in [0.15, 0.2) is 0 Å². The Kier molecular flexibility index (Phi) is 5.92. The highest BCUT2D eigenvalue weighted by Gasteiger charge is 2.36. The van der Waals surface area contributed by atoms with Gasteiger partial charge in [0.05, 0.1) is 5.54 Å².